The van der Waals surface area contributed by atoms with Crippen LogP contribution in [0.1, 0.15) is 49.0 Å². The summed E-state index contributed by atoms with van der Waals surface area (Å²) < 4.78 is 15.8. The average molecular weight is 467 g/mol. The van der Waals surface area contributed by atoms with Crippen LogP contribution in [0.15, 0.2) is 36.7 Å². The Morgan fingerprint density at radius 1 is 1.35 bits per heavy atom. The highest BCUT2D eigenvalue weighted by atomic mass is 19.1. The molecule has 0 spiro atoms. The summed E-state index contributed by atoms with van der Waals surface area (Å²) in [6.07, 6.45) is 2.95. The van der Waals surface area contributed by atoms with Crippen LogP contribution in [0.2, 0.25) is 0 Å². The molecule has 1 fully saturated rings. The SMILES string of the molecule is CC(C)(O)C(F)CNC(=O)c1cnc(-c2ccc3cc(C#N)cnn23)cc1N[C@H]1CCC[C@@H]1O. The second-order valence-electron chi connectivity index (χ2n) is 9.11. The van der Waals surface area contributed by atoms with Gasteiger partial charge in [0.25, 0.3) is 5.91 Å². The van der Waals surface area contributed by atoms with Crippen molar-refractivity contribution in [3.63, 3.8) is 0 Å². The van der Waals surface area contributed by atoms with Gasteiger partial charge in [-0.25, -0.2) is 8.91 Å². The molecule has 1 aliphatic rings. The highest BCUT2D eigenvalue weighted by Crippen LogP contribution is 2.29. The normalized spacial score (nSPS) is 19.1. The van der Waals surface area contributed by atoms with Gasteiger partial charge in [0.05, 0.1) is 64.2 Å². The number of pyridine rings is 1. The molecule has 1 unspecified atom stereocenters. The molecule has 4 rings (SSSR count). The molecule has 0 saturated heterocycles. The third-order valence-corrected chi connectivity index (χ3v) is 6.07. The van der Waals surface area contributed by atoms with Gasteiger partial charge < -0.3 is 20.8 Å². The molecule has 178 valence electrons. The number of aliphatic hydroxyl groups excluding tert-OH is 1. The van der Waals surface area contributed by atoms with Gasteiger partial charge in [0.1, 0.15) is 12.2 Å². The molecule has 0 radical (unpaired) electrons. The summed E-state index contributed by atoms with van der Waals surface area (Å²) in [5, 5.41) is 39.3. The molecule has 1 amide bonds. The number of nitrogens with one attached hydrogen (secondary N) is 2. The quantitative estimate of drug-likeness (QED) is 0.420. The minimum Gasteiger partial charge on any atom is -0.391 e. The first-order valence-electron chi connectivity index (χ1n) is 11.1. The van der Waals surface area contributed by atoms with Crippen LogP contribution in [0, 0.1) is 11.3 Å². The monoisotopic (exact) mass is 466 g/mol. The first kappa shape index (κ1) is 23.6. The maximum Gasteiger partial charge on any atom is 0.255 e. The van der Waals surface area contributed by atoms with Crippen molar-refractivity contribution in [1.29, 1.82) is 5.26 Å². The van der Waals surface area contributed by atoms with Crippen molar-refractivity contribution in [3.8, 4) is 17.5 Å². The minimum atomic E-state index is -1.65. The number of aliphatic hydroxyl groups is 2. The summed E-state index contributed by atoms with van der Waals surface area (Å²) in [6, 6.07) is 8.87. The summed E-state index contributed by atoms with van der Waals surface area (Å²) in [4.78, 5) is 17.3. The number of fused-ring (bicyclic) bond motifs is 1. The summed E-state index contributed by atoms with van der Waals surface area (Å²) in [5.74, 6) is -0.544. The van der Waals surface area contributed by atoms with Crippen molar-refractivity contribution in [2.75, 3.05) is 11.9 Å². The number of halogens is 1. The van der Waals surface area contributed by atoms with Crippen molar-refractivity contribution in [2.24, 2.45) is 0 Å². The van der Waals surface area contributed by atoms with Gasteiger partial charge >= 0.3 is 0 Å². The number of carbonyl (C=O) groups is 1. The van der Waals surface area contributed by atoms with Gasteiger partial charge in [0, 0.05) is 6.20 Å². The Morgan fingerprint density at radius 3 is 2.82 bits per heavy atom. The zero-order valence-electron chi connectivity index (χ0n) is 19.0. The van der Waals surface area contributed by atoms with Crippen molar-refractivity contribution in [3.05, 3.63) is 47.8 Å². The smallest absolute Gasteiger partial charge is 0.255 e. The van der Waals surface area contributed by atoms with E-state index >= 15 is 0 Å². The maximum atomic E-state index is 14.2. The molecule has 3 aromatic heterocycles. The van der Waals surface area contributed by atoms with E-state index in [0.29, 0.717) is 29.1 Å². The van der Waals surface area contributed by atoms with Crippen LogP contribution in [0.4, 0.5) is 10.1 Å². The molecule has 3 aromatic rings. The lowest BCUT2D eigenvalue weighted by molar-refractivity contribution is -0.00177. The lowest BCUT2D eigenvalue weighted by atomic mass is 10.0. The van der Waals surface area contributed by atoms with Crippen LogP contribution < -0.4 is 10.6 Å². The molecule has 9 nitrogen and oxygen atoms in total. The van der Waals surface area contributed by atoms with Crippen molar-refractivity contribution < 1.29 is 19.4 Å². The highest BCUT2D eigenvalue weighted by molar-refractivity contribution is 6.00. The fourth-order valence-corrected chi connectivity index (χ4v) is 3.99. The van der Waals surface area contributed by atoms with Gasteiger partial charge in [-0.05, 0) is 57.4 Å². The largest absolute Gasteiger partial charge is 0.391 e. The molecule has 3 atom stereocenters. The van der Waals surface area contributed by atoms with Crippen LogP contribution in [0.25, 0.3) is 16.9 Å². The molecule has 10 heteroatoms. The number of amides is 1. The zero-order valence-corrected chi connectivity index (χ0v) is 19.0. The Bertz CT molecular complexity index is 1250. The lowest BCUT2D eigenvalue weighted by Gasteiger charge is -2.23. The number of anilines is 1. The van der Waals surface area contributed by atoms with Crippen LogP contribution in [-0.4, -0.2) is 61.2 Å². The molecule has 0 aliphatic heterocycles. The van der Waals surface area contributed by atoms with E-state index < -0.39 is 23.8 Å². The Balaban J connectivity index is 1.67. The first-order valence-corrected chi connectivity index (χ1v) is 11.1. The zero-order chi connectivity index (χ0) is 24.5. The Hall–Kier alpha value is -3.55. The predicted octanol–water partition coefficient (Wildman–Crippen LogP) is 2.43. The molecule has 0 aromatic carbocycles. The third-order valence-electron chi connectivity index (χ3n) is 6.07. The molecular formula is C24H27FN6O3. The lowest BCUT2D eigenvalue weighted by Crippen LogP contribution is -2.42. The Kier molecular flexibility index (Phi) is 6.50. The number of nitriles is 1. The number of rotatable bonds is 7. The minimum absolute atomic E-state index is 0.200. The van der Waals surface area contributed by atoms with Gasteiger partial charge in [0.2, 0.25) is 0 Å². The average Bonchev–Trinajstić information content (AvgIpc) is 3.41. The number of alkyl halides is 1. The predicted molar refractivity (Wildman–Crippen MR) is 124 cm³/mol. The van der Waals surface area contributed by atoms with E-state index in [9.17, 15) is 19.4 Å². The summed E-state index contributed by atoms with van der Waals surface area (Å²) in [7, 11) is 0. The van der Waals surface area contributed by atoms with Gasteiger partial charge in [-0.2, -0.15) is 10.4 Å². The van der Waals surface area contributed by atoms with Gasteiger partial charge in [0.15, 0.2) is 0 Å². The van der Waals surface area contributed by atoms with Crippen LogP contribution >= 0.6 is 0 Å². The summed E-state index contributed by atoms with van der Waals surface area (Å²) in [5.41, 5.74) is 1.42. The molecule has 1 saturated carbocycles. The molecule has 3 heterocycles. The third kappa shape index (κ3) is 4.85. The van der Waals surface area contributed by atoms with E-state index in [1.54, 1.807) is 16.6 Å². The van der Waals surface area contributed by atoms with Crippen molar-refractivity contribution in [2.45, 2.75) is 57.0 Å². The maximum absolute atomic E-state index is 14.2. The van der Waals surface area contributed by atoms with E-state index in [1.807, 2.05) is 12.1 Å². The standard InChI is InChI=1S/C24H27FN6O3/c1-24(2,34)22(25)13-28-23(33)16-12-27-19(9-18(16)30-17-4-3-5-21(17)32)20-7-6-15-8-14(10-26)11-29-31(15)20/h6-9,11-12,17,21-22,32,34H,3-5,13H2,1-2H3,(H,27,30)(H,28,33)/t17-,21-,22?/m0/s1. The van der Waals surface area contributed by atoms with Gasteiger partial charge in [-0.15, -0.1) is 0 Å². The first-order chi connectivity index (χ1) is 16.2. The van der Waals surface area contributed by atoms with Crippen LogP contribution in [-0.2, 0) is 0 Å². The Labute approximate surface area is 196 Å². The molecular weight excluding hydrogens is 439 g/mol. The topological polar surface area (TPSA) is 136 Å². The second-order valence-corrected chi connectivity index (χ2v) is 9.11. The summed E-state index contributed by atoms with van der Waals surface area (Å²) in [6.45, 7) is 2.32. The van der Waals surface area contributed by atoms with Crippen LogP contribution in [0.5, 0.6) is 0 Å². The van der Waals surface area contributed by atoms with Gasteiger partial charge in [-0.3, -0.25) is 9.78 Å². The van der Waals surface area contributed by atoms with Crippen molar-refractivity contribution >= 4 is 17.1 Å². The number of aromatic nitrogens is 3. The second kappa shape index (κ2) is 9.37. The van der Waals surface area contributed by atoms with E-state index in [1.165, 1.54) is 26.2 Å². The van der Waals surface area contributed by atoms with E-state index in [0.717, 1.165) is 18.4 Å². The fourth-order valence-electron chi connectivity index (χ4n) is 3.99. The molecule has 4 N–H and O–H groups in total. The molecule has 1 aliphatic carbocycles. The molecule has 34 heavy (non-hydrogen) atoms. The van der Waals surface area contributed by atoms with E-state index in [2.05, 4.69) is 26.8 Å². The highest BCUT2D eigenvalue weighted by Gasteiger charge is 2.29. The number of hydrogen-bond acceptors (Lipinski definition) is 7. The van der Waals surface area contributed by atoms with Crippen molar-refractivity contribution in [1.82, 2.24) is 19.9 Å². The number of hydrogen-bond donors (Lipinski definition) is 4. The number of carbonyl (C=O) groups excluding carboxylic acids is 1. The Morgan fingerprint density at radius 2 is 2.15 bits per heavy atom. The molecule has 0 bridgehead atoms. The van der Waals surface area contributed by atoms with E-state index in [-0.39, 0.29) is 18.2 Å². The fraction of sp³-hybridized carbons (Fsp3) is 0.417. The van der Waals surface area contributed by atoms with Crippen LogP contribution in [0.3, 0.4) is 0 Å². The number of nitrogens with zero attached hydrogens (tertiary/aromatic N) is 4. The van der Waals surface area contributed by atoms with E-state index in [4.69, 9.17) is 5.26 Å². The summed E-state index contributed by atoms with van der Waals surface area (Å²) >= 11 is 0. The van der Waals surface area contributed by atoms with Gasteiger partial charge in [-0.1, -0.05) is 0 Å².